The third-order valence-electron chi connectivity index (χ3n) is 3.74. The molecule has 1 aromatic heterocycles. The van der Waals surface area contributed by atoms with E-state index >= 15 is 0 Å². The second-order valence-corrected chi connectivity index (χ2v) is 6.57. The van der Waals surface area contributed by atoms with Gasteiger partial charge in [-0.25, -0.2) is 9.37 Å². The Morgan fingerprint density at radius 1 is 1.33 bits per heavy atom. The lowest BCUT2D eigenvalue weighted by Gasteiger charge is -2.26. The van der Waals surface area contributed by atoms with Crippen molar-refractivity contribution in [3.05, 3.63) is 47.4 Å². The van der Waals surface area contributed by atoms with Crippen LogP contribution in [0.25, 0.3) is 0 Å². The van der Waals surface area contributed by atoms with Crippen LogP contribution in [0.3, 0.4) is 0 Å². The molecule has 1 aliphatic heterocycles. The third kappa shape index (κ3) is 3.76. The number of hydrogen-bond acceptors (Lipinski definition) is 6. The van der Waals surface area contributed by atoms with Crippen molar-refractivity contribution in [1.29, 1.82) is 0 Å². The van der Waals surface area contributed by atoms with Crippen LogP contribution in [-0.4, -0.2) is 40.5 Å². The zero-order valence-corrected chi connectivity index (χ0v) is 13.9. The number of nitrogens with two attached hydrogens (primary N) is 1. The molecule has 24 heavy (non-hydrogen) atoms. The number of carbonyl (C=O) groups excluding carboxylic acids is 1. The highest BCUT2D eigenvalue weighted by Gasteiger charge is 2.17. The fourth-order valence-electron chi connectivity index (χ4n) is 2.39. The molecule has 6 nitrogen and oxygen atoms in total. The molecule has 8 heteroatoms. The van der Waals surface area contributed by atoms with Gasteiger partial charge in [0.2, 0.25) is 5.95 Å². The van der Waals surface area contributed by atoms with Gasteiger partial charge in [-0.3, -0.25) is 4.79 Å². The summed E-state index contributed by atoms with van der Waals surface area (Å²) in [5, 5.41) is 2.64. The fraction of sp³-hybridized carbons (Fsp3) is 0.312. The number of aromatic nitrogens is 2. The highest BCUT2D eigenvalue weighted by atomic mass is 32.2. The van der Waals surface area contributed by atoms with Crippen LogP contribution >= 0.6 is 11.8 Å². The van der Waals surface area contributed by atoms with Gasteiger partial charge in [0.25, 0.3) is 5.91 Å². The summed E-state index contributed by atoms with van der Waals surface area (Å²) in [6.07, 6.45) is 1.43. The molecule has 126 valence electrons. The quantitative estimate of drug-likeness (QED) is 0.875. The Hall–Kier alpha value is -2.35. The highest BCUT2D eigenvalue weighted by molar-refractivity contribution is 7.99. The van der Waals surface area contributed by atoms with Crippen molar-refractivity contribution >= 4 is 29.4 Å². The summed E-state index contributed by atoms with van der Waals surface area (Å²) in [6.45, 7) is 1.81. The van der Waals surface area contributed by atoms with E-state index in [9.17, 15) is 9.18 Å². The minimum Gasteiger partial charge on any atom is -0.383 e. The van der Waals surface area contributed by atoms with E-state index < -0.39 is 5.91 Å². The van der Waals surface area contributed by atoms with E-state index in [0.29, 0.717) is 11.5 Å². The summed E-state index contributed by atoms with van der Waals surface area (Å²) >= 11 is 1.89. The number of carbonyl (C=O) groups is 1. The average molecular weight is 347 g/mol. The van der Waals surface area contributed by atoms with Crippen LogP contribution in [0.5, 0.6) is 0 Å². The number of nitrogen functional groups attached to an aromatic ring is 1. The van der Waals surface area contributed by atoms with Crippen LogP contribution in [0.4, 0.5) is 16.2 Å². The first-order valence-electron chi connectivity index (χ1n) is 7.62. The molecule has 2 aromatic rings. The van der Waals surface area contributed by atoms with Crippen molar-refractivity contribution in [2.45, 2.75) is 6.54 Å². The Kier molecular flexibility index (Phi) is 5.14. The van der Waals surface area contributed by atoms with Gasteiger partial charge < -0.3 is 16.0 Å². The van der Waals surface area contributed by atoms with E-state index in [4.69, 9.17) is 5.73 Å². The summed E-state index contributed by atoms with van der Waals surface area (Å²) in [5.41, 5.74) is 6.52. The van der Waals surface area contributed by atoms with Crippen LogP contribution in [0.15, 0.2) is 30.5 Å². The molecule has 2 heterocycles. The second-order valence-electron chi connectivity index (χ2n) is 5.34. The first kappa shape index (κ1) is 16.5. The van der Waals surface area contributed by atoms with Crippen molar-refractivity contribution in [2.75, 3.05) is 35.2 Å². The molecule has 0 radical (unpaired) electrons. The number of halogens is 1. The lowest BCUT2D eigenvalue weighted by atomic mass is 10.2. The fourth-order valence-corrected chi connectivity index (χ4v) is 3.29. The van der Waals surface area contributed by atoms with Gasteiger partial charge in [0.05, 0.1) is 5.56 Å². The van der Waals surface area contributed by atoms with Gasteiger partial charge in [0, 0.05) is 42.9 Å². The molecule has 1 aromatic carbocycles. The predicted molar refractivity (Wildman–Crippen MR) is 93.6 cm³/mol. The molecule has 1 saturated heterocycles. The molecular formula is C16H18FN5OS. The van der Waals surface area contributed by atoms with Gasteiger partial charge in [0.1, 0.15) is 11.6 Å². The van der Waals surface area contributed by atoms with Gasteiger partial charge >= 0.3 is 0 Å². The van der Waals surface area contributed by atoms with E-state index in [1.165, 1.54) is 12.3 Å². The summed E-state index contributed by atoms with van der Waals surface area (Å²) in [7, 11) is 0. The van der Waals surface area contributed by atoms with Crippen molar-refractivity contribution in [2.24, 2.45) is 0 Å². The van der Waals surface area contributed by atoms with Crippen molar-refractivity contribution in [1.82, 2.24) is 15.3 Å². The number of benzene rings is 1. The maximum atomic E-state index is 13.6. The Balaban J connectivity index is 1.67. The number of nitrogens with zero attached hydrogens (tertiary/aromatic N) is 3. The van der Waals surface area contributed by atoms with Gasteiger partial charge in [-0.05, 0) is 6.07 Å². The molecule has 0 saturated carbocycles. The molecule has 0 aliphatic carbocycles. The second kappa shape index (κ2) is 7.48. The first-order valence-corrected chi connectivity index (χ1v) is 8.77. The predicted octanol–water partition coefficient (Wildman–Crippen LogP) is 1.68. The summed E-state index contributed by atoms with van der Waals surface area (Å²) in [6, 6.07) is 6.29. The first-order chi connectivity index (χ1) is 11.6. The van der Waals surface area contributed by atoms with E-state index in [1.54, 1.807) is 18.2 Å². The Morgan fingerprint density at radius 3 is 2.79 bits per heavy atom. The monoisotopic (exact) mass is 347 g/mol. The molecule has 3 N–H and O–H groups in total. The molecule has 0 unspecified atom stereocenters. The molecule has 0 spiro atoms. The molecule has 0 atom stereocenters. The van der Waals surface area contributed by atoms with Crippen LogP contribution in [0.2, 0.25) is 0 Å². The van der Waals surface area contributed by atoms with E-state index in [0.717, 1.165) is 24.6 Å². The molecule has 1 amide bonds. The van der Waals surface area contributed by atoms with E-state index in [2.05, 4.69) is 15.3 Å². The third-order valence-corrected chi connectivity index (χ3v) is 4.68. The number of amides is 1. The topological polar surface area (TPSA) is 84.1 Å². The zero-order chi connectivity index (χ0) is 16.9. The van der Waals surface area contributed by atoms with Crippen LogP contribution in [-0.2, 0) is 6.54 Å². The minimum absolute atomic E-state index is 0.0794. The van der Waals surface area contributed by atoms with Gasteiger partial charge in [-0.15, -0.1) is 0 Å². The largest absolute Gasteiger partial charge is 0.383 e. The summed E-state index contributed by atoms with van der Waals surface area (Å²) in [4.78, 5) is 22.8. The lowest BCUT2D eigenvalue weighted by Crippen LogP contribution is -2.34. The van der Waals surface area contributed by atoms with Crippen LogP contribution < -0.4 is 16.0 Å². The smallest absolute Gasteiger partial charge is 0.256 e. The van der Waals surface area contributed by atoms with Crippen molar-refractivity contribution in [3.63, 3.8) is 0 Å². The number of thioether (sulfide) groups is 1. The maximum absolute atomic E-state index is 13.6. The van der Waals surface area contributed by atoms with Gasteiger partial charge in [-0.1, -0.05) is 18.2 Å². The van der Waals surface area contributed by atoms with Crippen LogP contribution in [0, 0.1) is 5.82 Å². The molecule has 3 rings (SSSR count). The maximum Gasteiger partial charge on any atom is 0.256 e. The molecule has 1 aliphatic rings. The lowest BCUT2D eigenvalue weighted by molar-refractivity contribution is 0.0951. The molecule has 0 bridgehead atoms. The highest BCUT2D eigenvalue weighted by Crippen LogP contribution is 2.18. The number of rotatable bonds is 4. The SMILES string of the molecule is Nc1nc(N2CCSCC2)ncc1C(=O)NCc1ccccc1F. The van der Waals surface area contributed by atoms with Gasteiger partial charge in [0.15, 0.2) is 0 Å². The Bertz CT molecular complexity index is 736. The van der Waals surface area contributed by atoms with Crippen molar-refractivity contribution < 1.29 is 9.18 Å². The molecule has 1 fully saturated rings. The van der Waals surface area contributed by atoms with E-state index in [-0.39, 0.29) is 23.7 Å². The molecular weight excluding hydrogens is 329 g/mol. The van der Waals surface area contributed by atoms with Gasteiger partial charge in [-0.2, -0.15) is 16.7 Å². The standard InChI is InChI=1S/C16H18FN5OS/c17-13-4-2-1-3-11(13)9-19-15(23)12-10-20-16(21-14(12)18)22-5-7-24-8-6-22/h1-4,10H,5-9H2,(H,19,23)(H2,18,20,21). The number of hydrogen-bond donors (Lipinski definition) is 2. The normalized spacial score (nSPS) is 14.5. The average Bonchev–Trinajstić information content (AvgIpc) is 2.61. The minimum atomic E-state index is -0.420. The van der Waals surface area contributed by atoms with Crippen molar-refractivity contribution in [3.8, 4) is 0 Å². The zero-order valence-electron chi connectivity index (χ0n) is 13.0. The number of nitrogens with one attached hydrogen (secondary N) is 1. The Labute approximate surface area is 143 Å². The summed E-state index contributed by atoms with van der Waals surface area (Å²) in [5.74, 6) is 1.93. The van der Waals surface area contributed by atoms with E-state index in [1.807, 2.05) is 16.7 Å². The van der Waals surface area contributed by atoms with Crippen LogP contribution in [0.1, 0.15) is 15.9 Å². The summed E-state index contributed by atoms with van der Waals surface area (Å²) < 4.78 is 13.6. The number of anilines is 2. The Morgan fingerprint density at radius 2 is 2.08 bits per heavy atom.